The molecule has 2 unspecified atom stereocenters. The Morgan fingerprint density at radius 3 is 2.41 bits per heavy atom. The van der Waals surface area contributed by atoms with Crippen LogP contribution in [-0.4, -0.2) is 80.3 Å². The standard InChI is InChI=1S/C26H42N2O6/c1-8-13-28(24(6,7)16-23(3,4)5)21(31)19-26-12-11-25(9-2,34-26)18(22(32)33)17(26)20(30)27(19)14-10-15-29/h8,17-19,29H,1,9-16H2,2-7H3,(H,32,33)/t17-,18+,19?,25-,26?/m0/s1. The van der Waals surface area contributed by atoms with Crippen molar-refractivity contribution in [1.82, 2.24) is 9.80 Å². The highest BCUT2D eigenvalue weighted by Crippen LogP contribution is 2.64. The number of ether oxygens (including phenoxy) is 1. The summed E-state index contributed by atoms with van der Waals surface area (Å²) >= 11 is 0. The van der Waals surface area contributed by atoms with Gasteiger partial charge in [0, 0.05) is 25.2 Å². The molecule has 0 aromatic rings. The van der Waals surface area contributed by atoms with Crippen molar-refractivity contribution < 1.29 is 29.3 Å². The van der Waals surface area contributed by atoms with Crippen molar-refractivity contribution in [1.29, 1.82) is 0 Å². The maximum absolute atomic E-state index is 14.4. The van der Waals surface area contributed by atoms with E-state index < -0.39 is 40.6 Å². The molecular formula is C26H42N2O6. The Morgan fingerprint density at radius 2 is 1.91 bits per heavy atom. The molecule has 3 heterocycles. The van der Waals surface area contributed by atoms with Crippen LogP contribution in [0.1, 0.15) is 73.6 Å². The van der Waals surface area contributed by atoms with Gasteiger partial charge in [0.2, 0.25) is 11.8 Å². The summed E-state index contributed by atoms with van der Waals surface area (Å²) in [7, 11) is 0. The molecule has 5 atom stereocenters. The Morgan fingerprint density at radius 1 is 1.26 bits per heavy atom. The monoisotopic (exact) mass is 478 g/mol. The quantitative estimate of drug-likeness (QED) is 0.468. The molecule has 3 aliphatic heterocycles. The van der Waals surface area contributed by atoms with Gasteiger partial charge < -0.3 is 24.7 Å². The van der Waals surface area contributed by atoms with Gasteiger partial charge in [0.1, 0.15) is 17.6 Å². The largest absolute Gasteiger partial charge is 0.481 e. The lowest BCUT2D eigenvalue weighted by Gasteiger charge is -2.45. The number of carboxylic acids is 1. The van der Waals surface area contributed by atoms with E-state index in [1.54, 1.807) is 11.0 Å². The first kappa shape index (κ1) is 26.7. The summed E-state index contributed by atoms with van der Waals surface area (Å²) < 4.78 is 6.57. The molecular weight excluding hydrogens is 436 g/mol. The van der Waals surface area contributed by atoms with Gasteiger partial charge in [-0.2, -0.15) is 0 Å². The molecule has 0 aromatic heterocycles. The summed E-state index contributed by atoms with van der Waals surface area (Å²) in [6.07, 6.45) is 4.17. The Labute approximate surface area is 203 Å². The zero-order chi connectivity index (χ0) is 25.7. The molecule has 0 aromatic carbocycles. The van der Waals surface area contributed by atoms with Gasteiger partial charge in [0.05, 0.1) is 11.5 Å². The highest BCUT2D eigenvalue weighted by Gasteiger charge is 2.79. The molecule has 192 valence electrons. The molecule has 3 rings (SSSR count). The summed E-state index contributed by atoms with van der Waals surface area (Å²) in [5.41, 5.74) is -2.68. The first-order valence-electron chi connectivity index (χ1n) is 12.5. The van der Waals surface area contributed by atoms with Gasteiger partial charge in [-0.1, -0.05) is 33.8 Å². The number of aliphatic hydroxyl groups is 1. The first-order valence-corrected chi connectivity index (χ1v) is 12.5. The third-order valence-corrected chi connectivity index (χ3v) is 8.01. The fourth-order valence-electron chi connectivity index (χ4n) is 7.16. The van der Waals surface area contributed by atoms with Crippen molar-refractivity contribution in [3.05, 3.63) is 12.7 Å². The second-order valence-corrected chi connectivity index (χ2v) is 12.1. The van der Waals surface area contributed by atoms with Crippen molar-refractivity contribution in [3.8, 4) is 0 Å². The highest BCUT2D eigenvalue weighted by atomic mass is 16.5. The number of likely N-dealkylation sites (tertiary alicyclic amines) is 1. The number of carbonyl (C=O) groups is 3. The van der Waals surface area contributed by atoms with Crippen molar-refractivity contribution in [3.63, 3.8) is 0 Å². The fraction of sp³-hybridized carbons (Fsp3) is 0.808. The maximum Gasteiger partial charge on any atom is 0.310 e. The number of fused-ring (bicyclic) bond motifs is 1. The molecule has 1 spiro atoms. The molecule has 3 saturated heterocycles. The normalized spacial score (nSPS) is 32.7. The number of hydrogen-bond donors (Lipinski definition) is 2. The minimum Gasteiger partial charge on any atom is -0.481 e. The highest BCUT2D eigenvalue weighted by molar-refractivity contribution is 5.98. The lowest BCUT2D eigenvalue weighted by Crippen LogP contribution is -2.61. The molecule has 2 amide bonds. The van der Waals surface area contributed by atoms with E-state index in [1.165, 1.54) is 4.90 Å². The zero-order valence-corrected chi connectivity index (χ0v) is 21.6. The van der Waals surface area contributed by atoms with Crippen LogP contribution in [0.15, 0.2) is 12.7 Å². The van der Waals surface area contributed by atoms with Crippen LogP contribution in [0, 0.1) is 17.3 Å². The number of carbonyl (C=O) groups excluding carboxylic acids is 2. The summed E-state index contributed by atoms with van der Waals surface area (Å²) in [4.78, 5) is 43.8. The first-order chi connectivity index (χ1) is 15.7. The lowest BCUT2D eigenvalue weighted by molar-refractivity contribution is -0.160. The average molecular weight is 479 g/mol. The molecule has 0 saturated carbocycles. The van der Waals surface area contributed by atoms with Crippen LogP contribution >= 0.6 is 0 Å². The molecule has 2 N–H and O–H groups in total. The van der Waals surface area contributed by atoms with Crippen LogP contribution in [-0.2, 0) is 19.1 Å². The molecule has 0 radical (unpaired) electrons. The maximum atomic E-state index is 14.4. The van der Waals surface area contributed by atoms with Crippen LogP contribution in [0.4, 0.5) is 0 Å². The second kappa shape index (κ2) is 8.94. The number of aliphatic carboxylic acids is 1. The Balaban J connectivity index is 2.11. The number of nitrogens with zero attached hydrogens (tertiary/aromatic N) is 2. The molecule has 2 bridgehead atoms. The van der Waals surface area contributed by atoms with Crippen LogP contribution in [0.25, 0.3) is 0 Å². The van der Waals surface area contributed by atoms with E-state index in [4.69, 9.17) is 4.74 Å². The summed E-state index contributed by atoms with van der Waals surface area (Å²) in [6.45, 7) is 16.5. The van der Waals surface area contributed by atoms with E-state index in [2.05, 4.69) is 27.4 Å². The van der Waals surface area contributed by atoms with Gasteiger partial charge in [-0.25, -0.2) is 0 Å². The summed E-state index contributed by atoms with van der Waals surface area (Å²) in [5.74, 6) is -3.51. The van der Waals surface area contributed by atoms with E-state index in [0.717, 1.165) is 6.42 Å². The minimum absolute atomic E-state index is 0.0466. The van der Waals surface area contributed by atoms with Crippen molar-refractivity contribution in [2.75, 3.05) is 19.7 Å². The van der Waals surface area contributed by atoms with Gasteiger partial charge in [-0.05, 0) is 51.4 Å². The van der Waals surface area contributed by atoms with Crippen LogP contribution in [0.3, 0.4) is 0 Å². The van der Waals surface area contributed by atoms with Crippen LogP contribution in [0.5, 0.6) is 0 Å². The fourth-order valence-corrected chi connectivity index (χ4v) is 7.16. The van der Waals surface area contributed by atoms with Gasteiger partial charge >= 0.3 is 5.97 Å². The minimum atomic E-state index is -1.17. The van der Waals surface area contributed by atoms with Gasteiger partial charge in [-0.15, -0.1) is 6.58 Å². The Hall–Kier alpha value is -1.93. The SMILES string of the molecule is C=CCN(C(=O)C1N(CCCO)C(=O)[C@@H]2[C@H](C(=O)O)[C@]3(CC)CCC12O3)C(C)(C)CC(C)(C)C. The Kier molecular flexibility index (Phi) is 7.01. The number of aliphatic hydroxyl groups excluding tert-OH is 1. The van der Waals surface area contributed by atoms with E-state index in [0.29, 0.717) is 32.2 Å². The number of carboxylic acid groups (broad SMARTS) is 1. The second-order valence-electron chi connectivity index (χ2n) is 12.1. The van der Waals surface area contributed by atoms with Crippen molar-refractivity contribution in [2.24, 2.45) is 17.3 Å². The molecule has 3 fully saturated rings. The third kappa shape index (κ3) is 4.06. The molecule has 8 heteroatoms. The lowest BCUT2D eigenvalue weighted by atomic mass is 9.65. The van der Waals surface area contributed by atoms with Crippen LogP contribution < -0.4 is 0 Å². The topological polar surface area (TPSA) is 107 Å². The third-order valence-electron chi connectivity index (χ3n) is 8.01. The van der Waals surface area contributed by atoms with Gasteiger partial charge in [0.25, 0.3) is 0 Å². The van der Waals surface area contributed by atoms with Crippen molar-refractivity contribution >= 4 is 17.8 Å². The molecule has 34 heavy (non-hydrogen) atoms. The Bertz CT molecular complexity index is 849. The number of rotatable bonds is 10. The van der Waals surface area contributed by atoms with Crippen molar-refractivity contribution in [2.45, 2.75) is 96.4 Å². The number of hydrogen-bond acceptors (Lipinski definition) is 5. The predicted molar refractivity (Wildman–Crippen MR) is 128 cm³/mol. The van der Waals surface area contributed by atoms with Crippen LogP contribution in [0.2, 0.25) is 0 Å². The zero-order valence-electron chi connectivity index (χ0n) is 21.6. The van der Waals surface area contributed by atoms with E-state index in [-0.39, 0.29) is 30.4 Å². The van der Waals surface area contributed by atoms with Gasteiger partial charge in [-0.3, -0.25) is 14.4 Å². The smallest absolute Gasteiger partial charge is 0.310 e. The molecule has 0 aliphatic carbocycles. The average Bonchev–Trinajstić information content (AvgIpc) is 3.32. The van der Waals surface area contributed by atoms with Gasteiger partial charge in [0.15, 0.2) is 0 Å². The predicted octanol–water partition coefficient (Wildman–Crippen LogP) is 2.84. The summed E-state index contributed by atoms with van der Waals surface area (Å²) in [6, 6.07) is -0.923. The van der Waals surface area contributed by atoms with E-state index in [9.17, 15) is 24.6 Å². The number of amides is 2. The van der Waals surface area contributed by atoms with E-state index >= 15 is 0 Å². The summed E-state index contributed by atoms with van der Waals surface area (Å²) in [5, 5.41) is 19.6. The molecule has 8 nitrogen and oxygen atoms in total. The molecule has 3 aliphatic rings. The van der Waals surface area contributed by atoms with E-state index in [1.807, 2.05) is 20.8 Å².